The number of carbonyl (C=O) groups is 1. The smallest absolute Gasteiger partial charge is 0.224 e. The Morgan fingerprint density at radius 1 is 1.28 bits per heavy atom. The fourth-order valence-electron chi connectivity index (χ4n) is 3.71. The van der Waals surface area contributed by atoms with E-state index in [4.69, 9.17) is 0 Å². The van der Waals surface area contributed by atoms with Gasteiger partial charge in [-0.3, -0.25) is 4.79 Å². The van der Waals surface area contributed by atoms with Crippen LogP contribution in [0.3, 0.4) is 0 Å². The first-order chi connectivity index (χ1) is 12.0. The van der Waals surface area contributed by atoms with Crippen LogP contribution in [-0.2, 0) is 20.2 Å². The van der Waals surface area contributed by atoms with E-state index in [-0.39, 0.29) is 23.0 Å². The summed E-state index contributed by atoms with van der Waals surface area (Å²) in [7, 11) is -3.22. The number of carbonyl (C=O) groups excluding carboxylic acids is 1. The Kier molecular flexibility index (Phi) is 5.49. The van der Waals surface area contributed by atoms with Crippen molar-refractivity contribution in [3.8, 4) is 0 Å². The molecule has 1 aliphatic heterocycles. The number of rotatable bonds is 7. The standard InChI is InChI=1S/C19H28N2O3S/c1-2-13-25(23,24)21-12-6-7-16(14-21)18(22)20-15-19(10-11-19)17-8-4-3-5-9-17/h3-5,8-9,16H,2,6-7,10-15H2,1H3,(H,20,22). The molecular formula is C19H28N2O3S. The van der Waals surface area contributed by atoms with Crippen LogP contribution in [0.2, 0.25) is 0 Å². The molecule has 1 atom stereocenters. The van der Waals surface area contributed by atoms with Crippen LogP contribution in [0.25, 0.3) is 0 Å². The van der Waals surface area contributed by atoms with Gasteiger partial charge in [0.05, 0.1) is 11.7 Å². The maximum atomic E-state index is 12.6. The van der Waals surface area contributed by atoms with Crippen molar-refractivity contribution in [2.45, 2.75) is 44.4 Å². The SMILES string of the molecule is CCCS(=O)(=O)N1CCCC(C(=O)NCC2(c3ccccc3)CC2)C1. The first-order valence-electron chi connectivity index (χ1n) is 9.28. The Morgan fingerprint density at radius 3 is 2.64 bits per heavy atom. The maximum absolute atomic E-state index is 12.6. The van der Waals surface area contributed by atoms with Crippen molar-refractivity contribution in [3.63, 3.8) is 0 Å². The number of amides is 1. The molecular weight excluding hydrogens is 336 g/mol. The maximum Gasteiger partial charge on any atom is 0.224 e. The molecule has 6 heteroatoms. The Morgan fingerprint density at radius 2 is 2.00 bits per heavy atom. The van der Waals surface area contributed by atoms with Crippen LogP contribution >= 0.6 is 0 Å². The minimum Gasteiger partial charge on any atom is -0.355 e. The molecule has 25 heavy (non-hydrogen) atoms. The number of nitrogens with zero attached hydrogens (tertiary/aromatic N) is 1. The van der Waals surface area contributed by atoms with E-state index in [0.29, 0.717) is 26.1 Å². The molecule has 0 radical (unpaired) electrons. The number of hydrogen-bond acceptors (Lipinski definition) is 3. The number of piperidine rings is 1. The Labute approximate surface area is 150 Å². The van der Waals surface area contributed by atoms with Crippen molar-refractivity contribution in [2.24, 2.45) is 5.92 Å². The minimum atomic E-state index is -3.22. The molecule has 0 aromatic heterocycles. The summed E-state index contributed by atoms with van der Waals surface area (Å²) >= 11 is 0. The normalized spacial score (nSPS) is 23.2. The second-order valence-electron chi connectivity index (χ2n) is 7.38. The van der Waals surface area contributed by atoms with Crippen molar-refractivity contribution in [1.29, 1.82) is 0 Å². The van der Waals surface area contributed by atoms with Crippen LogP contribution in [0.5, 0.6) is 0 Å². The van der Waals surface area contributed by atoms with Gasteiger partial charge in [0.25, 0.3) is 0 Å². The van der Waals surface area contributed by atoms with Gasteiger partial charge >= 0.3 is 0 Å². The highest BCUT2D eigenvalue weighted by Gasteiger charge is 2.44. The van der Waals surface area contributed by atoms with Gasteiger partial charge in [-0.25, -0.2) is 12.7 Å². The lowest BCUT2D eigenvalue weighted by molar-refractivity contribution is -0.126. The molecule has 1 aromatic rings. The van der Waals surface area contributed by atoms with E-state index in [1.54, 1.807) is 0 Å². The lowest BCUT2D eigenvalue weighted by Gasteiger charge is -2.31. The molecule has 5 nitrogen and oxygen atoms in total. The lowest BCUT2D eigenvalue weighted by Crippen LogP contribution is -2.47. The highest BCUT2D eigenvalue weighted by atomic mass is 32.2. The molecule has 2 aliphatic rings. The van der Waals surface area contributed by atoms with Gasteiger partial charge in [-0.15, -0.1) is 0 Å². The van der Waals surface area contributed by atoms with Crippen LogP contribution in [0.1, 0.15) is 44.6 Å². The molecule has 1 amide bonds. The van der Waals surface area contributed by atoms with E-state index in [0.717, 1.165) is 25.7 Å². The molecule has 138 valence electrons. The zero-order valence-corrected chi connectivity index (χ0v) is 15.7. The van der Waals surface area contributed by atoms with Crippen molar-refractivity contribution in [1.82, 2.24) is 9.62 Å². The average molecular weight is 365 g/mol. The van der Waals surface area contributed by atoms with Gasteiger partial charge in [-0.1, -0.05) is 37.3 Å². The Hall–Kier alpha value is -1.40. The predicted molar refractivity (Wildman–Crippen MR) is 98.7 cm³/mol. The number of sulfonamides is 1. The third-order valence-corrected chi connectivity index (χ3v) is 7.49. The molecule has 1 aliphatic carbocycles. The molecule has 1 saturated heterocycles. The molecule has 1 heterocycles. The third kappa shape index (κ3) is 4.23. The van der Waals surface area contributed by atoms with Crippen molar-refractivity contribution < 1.29 is 13.2 Å². The Bertz CT molecular complexity index is 699. The molecule has 3 rings (SSSR count). The fourth-order valence-corrected chi connectivity index (χ4v) is 5.30. The number of nitrogens with one attached hydrogen (secondary N) is 1. The zero-order chi connectivity index (χ0) is 17.9. The summed E-state index contributed by atoms with van der Waals surface area (Å²) in [4.78, 5) is 12.6. The second-order valence-corrected chi connectivity index (χ2v) is 9.47. The highest BCUT2D eigenvalue weighted by Crippen LogP contribution is 2.47. The largest absolute Gasteiger partial charge is 0.355 e. The monoisotopic (exact) mass is 364 g/mol. The van der Waals surface area contributed by atoms with Gasteiger partial charge in [0, 0.05) is 25.0 Å². The van der Waals surface area contributed by atoms with E-state index >= 15 is 0 Å². The number of hydrogen-bond donors (Lipinski definition) is 1. The van der Waals surface area contributed by atoms with Crippen molar-refractivity contribution in [3.05, 3.63) is 35.9 Å². The van der Waals surface area contributed by atoms with E-state index in [9.17, 15) is 13.2 Å². The minimum absolute atomic E-state index is 0.00129. The highest BCUT2D eigenvalue weighted by molar-refractivity contribution is 7.89. The topological polar surface area (TPSA) is 66.5 Å². The van der Waals surface area contributed by atoms with Crippen LogP contribution in [0, 0.1) is 5.92 Å². The summed E-state index contributed by atoms with van der Waals surface area (Å²) in [6, 6.07) is 10.3. The lowest BCUT2D eigenvalue weighted by atomic mass is 9.94. The van der Waals surface area contributed by atoms with Crippen LogP contribution in [0.15, 0.2) is 30.3 Å². The quantitative estimate of drug-likeness (QED) is 0.807. The molecule has 1 saturated carbocycles. The fraction of sp³-hybridized carbons (Fsp3) is 0.632. The molecule has 1 N–H and O–H groups in total. The van der Waals surface area contributed by atoms with Gasteiger partial charge in [-0.2, -0.15) is 0 Å². The third-order valence-electron chi connectivity index (χ3n) is 5.45. The molecule has 0 spiro atoms. The van der Waals surface area contributed by atoms with Gasteiger partial charge in [0.2, 0.25) is 15.9 Å². The van der Waals surface area contributed by atoms with Gasteiger partial charge in [0.1, 0.15) is 0 Å². The molecule has 1 aromatic carbocycles. The van der Waals surface area contributed by atoms with Crippen LogP contribution < -0.4 is 5.32 Å². The van der Waals surface area contributed by atoms with Crippen LogP contribution in [0.4, 0.5) is 0 Å². The summed E-state index contributed by atoms with van der Waals surface area (Å²) < 4.78 is 26.0. The van der Waals surface area contributed by atoms with E-state index in [1.165, 1.54) is 9.87 Å². The molecule has 0 bridgehead atoms. The summed E-state index contributed by atoms with van der Waals surface area (Å²) in [5.41, 5.74) is 1.37. The molecule has 2 fully saturated rings. The van der Waals surface area contributed by atoms with E-state index in [1.807, 2.05) is 25.1 Å². The summed E-state index contributed by atoms with van der Waals surface area (Å²) in [6.45, 7) is 3.38. The van der Waals surface area contributed by atoms with Crippen molar-refractivity contribution in [2.75, 3.05) is 25.4 Å². The van der Waals surface area contributed by atoms with Gasteiger partial charge < -0.3 is 5.32 Å². The summed E-state index contributed by atoms with van der Waals surface area (Å²) in [5.74, 6) is -0.0658. The zero-order valence-electron chi connectivity index (χ0n) is 14.9. The van der Waals surface area contributed by atoms with Gasteiger partial charge in [0.15, 0.2) is 0 Å². The predicted octanol–water partition coefficient (Wildman–Crippen LogP) is 2.29. The first kappa shape index (κ1) is 18.4. The van der Waals surface area contributed by atoms with Gasteiger partial charge in [-0.05, 0) is 37.7 Å². The number of benzene rings is 1. The van der Waals surface area contributed by atoms with E-state index in [2.05, 4.69) is 17.4 Å². The van der Waals surface area contributed by atoms with Crippen molar-refractivity contribution >= 4 is 15.9 Å². The summed E-state index contributed by atoms with van der Waals surface area (Å²) in [5, 5.41) is 3.10. The van der Waals surface area contributed by atoms with Crippen LogP contribution in [-0.4, -0.2) is 44.0 Å². The van der Waals surface area contributed by atoms with E-state index < -0.39 is 10.0 Å². The summed E-state index contributed by atoms with van der Waals surface area (Å²) in [6.07, 6.45) is 4.32. The Balaban J connectivity index is 1.57. The molecule has 1 unspecified atom stereocenters. The first-order valence-corrected chi connectivity index (χ1v) is 10.9. The second kappa shape index (κ2) is 7.46. The average Bonchev–Trinajstić information content (AvgIpc) is 3.42.